The van der Waals surface area contributed by atoms with Crippen LogP contribution in [0.5, 0.6) is 0 Å². The molecule has 0 radical (unpaired) electrons. The number of nitrogens with zero attached hydrogens (tertiary/aromatic N) is 5. The van der Waals surface area contributed by atoms with Crippen LogP contribution in [0.15, 0.2) is 72.3 Å². The van der Waals surface area contributed by atoms with E-state index in [-0.39, 0.29) is 5.69 Å². The number of imidazole rings is 1. The van der Waals surface area contributed by atoms with Gasteiger partial charge in [-0.15, -0.1) is 0 Å². The molecule has 0 saturated carbocycles. The molecule has 0 bridgehead atoms. The van der Waals surface area contributed by atoms with Gasteiger partial charge in [0.05, 0.1) is 10.6 Å². The third-order valence-corrected chi connectivity index (χ3v) is 4.81. The molecular formula is C18H13N5O2S. The lowest BCUT2D eigenvalue weighted by Crippen LogP contribution is -1.99. The van der Waals surface area contributed by atoms with Gasteiger partial charge in [-0.05, 0) is 35.9 Å². The molecule has 3 aromatic heterocycles. The van der Waals surface area contributed by atoms with E-state index >= 15 is 0 Å². The highest BCUT2D eigenvalue weighted by Gasteiger charge is 2.16. The Kier molecular flexibility index (Phi) is 4.32. The van der Waals surface area contributed by atoms with Gasteiger partial charge in [0.15, 0.2) is 10.8 Å². The summed E-state index contributed by atoms with van der Waals surface area (Å²) in [5.74, 6) is 0.709. The molecule has 8 heteroatoms. The van der Waals surface area contributed by atoms with Crippen molar-refractivity contribution >= 4 is 28.6 Å². The zero-order valence-corrected chi connectivity index (χ0v) is 14.3. The van der Waals surface area contributed by atoms with Gasteiger partial charge in [-0.1, -0.05) is 17.8 Å². The molecule has 0 aliphatic rings. The van der Waals surface area contributed by atoms with E-state index in [0.717, 1.165) is 16.2 Å². The maximum absolute atomic E-state index is 11.1. The number of rotatable bonds is 5. The smallest absolute Gasteiger partial charge is 0.271 e. The minimum Gasteiger partial charge on any atom is -0.271 e. The average Bonchev–Trinajstić information content (AvgIpc) is 3.05. The van der Waals surface area contributed by atoms with Gasteiger partial charge in [-0.25, -0.2) is 9.97 Å². The SMILES string of the molecule is O=[N+]([O-])c1cccc(-n2c(SCc3ccncc3)nc3cccnc32)c1. The van der Waals surface area contributed by atoms with Crippen LogP contribution >= 0.6 is 11.8 Å². The van der Waals surface area contributed by atoms with E-state index < -0.39 is 4.92 Å². The summed E-state index contributed by atoms with van der Waals surface area (Å²) in [6, 6.07) is 14.1. The van der Waals surface area contributed by atoms with Crippen molar-refractivity contribution in [2.75, 3.05) is 0 Å². The van der Waals surface area contributed by atoms with Crippen molar-refractivity contribution in [3.05, 3.63) is 82.8 Å². The van der Waals surface area contributed by atoms with Crippen molar-refractivity contribution in [1.29, 1.82) is 0 Å². The fourth-order valence-electron chi connectivity index (χ4n) is 2.59. The predicted molar refractivity (Wildman–Crippen MR) is 99.3 cm³/mol. The Bertz CT molecular complexity index is 1080. The van der Waals surface area contributed by atoms with Crippen LogP contribution in [0.25, 0.3) is 16.9 Å². The van der Waals surface area contributed by atoms with Crippen molar-refractivity contribution in [3.63, 3.8) is 0 Å². The van der Waals surface area contributed by atoms with E-state index in [2.05, 4.69) is 15.0 Å². The molecule has 0 saturated heterocycles. The van der Waals surface area contributed by atoms with Crippen molar-refractivity contribution in [1.82, 2.24) is 19.5 Å². The van der Waals surface area contributed by atoms with Crippen LogP contribution in [-0.4, -0.2) is 24.4 Å². The summed E-state index contributed by atoms with van der Waals surface area (Å²) in [6.07, 6.45) is 5.19. The van der Waals surface area contributed by atoms with Gasteiger partial charge in [-0.2, -0.15) is 0 Å². The molecule has 0 unspecified atom stereocenters. The van der Waals surface area contributed by atoms with Crippen LogP contribution in [0.4, 0.5) is 5.69 Å². The molecule has 0 N–H and O–H groups in total. The summed E-state index contributed by atoms with van der Waals surface area (Å²) in [5.41, 5.74) is 3.24. The monoisotopic (exact) mass is 363 g/mol. The lowest BCUT2D eigenvalue weighted by Gasteiger charge is -2.08. The molecule has 0 fully saturated rings. The van der Waals surface area contributed by atoms with Crippen molar-refractivity contribution in [2.24, 2.45) is 0 Å². The van der Waals surface area contributed by atoms with E-state index in [9.17, 15) is 10.1 Å². The number of aromatic nitrogens is 4. The van der Waals surface area contributed by atoms with Gasteiger partial charge < -0.3 is 0 Å². The Labute approximate surface area is 152 Å². The number of hydrogen-bond acceptors (Lipinski definition) is 6. The van der Waals surface area contributed by atoms with Crippen molar-refractivity contribution in [3.8, 4) is 5.69 Å². The van der Waals surface area contributed by atoms with E-state index in [1.165, 1.54) is 12.1 Å². The first-order valence-electron chi connectivity index (χ1n) is 7.82. The van der Waals surface area contributed by atoms with Gasteiger partial charge in [0.2, 0.25) is 0 Å². The molecule has 0 amide bonds. The predicted octanol–water partition coefficient (Wildman–Crippen LogP) is 4.02. The second kappa shape index (κ2) is 6.93. The van der Waals surface area contributed by atoms with Gasteiger partial charge in [0.25, 0.3) is 5.69 Å². The highest BCUT2D eigenvalue weighted by Crippen LogP contribution is 2.30. The second-order valence-electron chi connectivity index (χ2n) is 5.50. The minimum atomic E-state index is -0.403. The molecule has 4 aromatic rings. The third-order valence-electron chi connectivity index (χ3n) is 3.80. The van der Waals surface area contributed by atoms with Gasteiger partial charge in [0.1, 0.15) is 5.52 Å². The zero-order chi connectivity index (χ0) is 17.9. The Morgan fingerprint density at radius 3 is 2.73 bits per heavy atom. The van der Waals surface area contributed by atoms with E-state index in [1.807, 2.05) is 34.9 Å². The normalized spacial score (nSPS) is 10.9. The number of benzene rings is 1. The fraction of sp³-hybridized carbons (Fsp3) is 0.0556. The number of non-ortho nitro benzene ring substituents is 1. The summed E-state index contributed by atoms with van der Waals surface area (Å²) in [4.78, 5) is 23.8. The number of thioether (sulfide) groups is 1. The molecule has 4 rings (SSSR count). The molecule has 128 valence electrons. The lowest BCUT2D eigenvalue weighted by atomic mass is 10.3. The zero-order valence-electron chi connectivity index (χ0n) is 13.5. The minimum absolute atomic E-state index is 0.0327. The number of nitro groups is 1. The van der Waals surface area contributed by atoms with Crippen molar-refractivity contribution in [2.45, 2.75) is 10.9 Å². The van der Waals surface area contributed by atoms with Gasteiger partial charge in [-0.3, -0.25) is 19.7 Å². The number of nitro benzene ring substituents is 1. The topological polar surface area (TPSA) is 86.7 Å². The first kappa shape index (κ1) is 16.2. The molecule has 3 heterocycles. The van der Waals surface area contributed by atoms with Crippen LogP contribution < -0.4 is 0 Å². The molecule has 26 heavy (non-hydrogen) atoms. The summed E-state index contributed by atoms with van der Waals surface area (Å²) >= 11 is 1.55. The Balaban J connectivity index is 1.79. The van der Waals surface area contributed by atoms with E-state index in [1.54, 1.807) is 36.4 Å². The summed E-state index contributed by atoms with van der Waals surface area (Å²) < 4.78 is 1.86. The number of hydrogen-bond donors (Lipinski definition) is 0. The lowest BCUT2D eigenvalue weighted by molar-refractivity contribution is -0.384. The number of fused-ring (bicyclic) bond motifs is 1. The third kappa shape index (κ3) is 3.14. The average molecular weight is 363 g/mol. The standard InChI is InChI=1S/C18H13N5O2S/c24-23(25)15-4-1-3-14(11-15)22-17-16(5-2-8-20-17)21-18(22)26-12-13-6-9-19-10-7-13/h1-11H,12H2. The first-order valence-corrected chi connectivity index (χ1v) is 8.81. The van der Waals surface area contributed by atoms with Gasteiger partial charge >= 0.3 is 0 Å². The van der Waals surface area contributed by atoms with Crippen LogP contribution in [0, 0.1) is 10.1 Å². The largest absolute Gasteiger partial charge is 0.271 e. The Morgan fingerprint density at radius 1 is 1.08 bits per heavy atom. The highest BCUT2D eigenvalue weighted by molar-refractivity contribution is 7.98. The van der Waals surface area contributed by atoms with E-state index in [0.29, 0.717) is 17.1 Å². The quantitative estimate of drug-likeness (QED) is 0.302. The maximum atomic E-state index is 11.1. The van der Waals surface area contributed by atoms with Crippen LogP contribution in [0.3, 0.4) is 0 Å². The number of pyridine rings is 2. The molecule has 0 aliphatic heterocycles. The first-order chi connectivity index (χ1) is 12.7. The van der Waals surface area contributed by atoms with Crippen LogP contribution in [0.1, 0.15) is 5.56 Å². The Hall–Kier alpha value is -3.26. The summed E-state index contributed by atoms with van der Waals surface area (Å²) in [7, 11) is 0. The molecular weight excluding hydrogens is 350 g/mol. The molecule has 0 aliphatic carbocycles. The van der Waals surface area contributed by atoms with Crippen LogP contribution in [0.2, 0.25) is 0 Å². The molecule has 0 atom stereocenters. The molecule has 7 nitrogen and oxygen atoms in total. The molecule has 0 spiro atoms. The Morgan fingerprint density at radius 2 is 1.92 bits per heavy atom. The summed E-state index contributed by atoms with van der Waals surface area (Å²) in [6.45, 7) is 0. The van der Waals surface area contributed by atoms with Gasteiger partial charge in [0, 0.05) is 36.5 Å². The molecule has 1 aromatic carbocycles. The second-order valence-corrected chi connectivity index (χ2v) is 6.44. The van der Waals surface area contributed by atoms with Crippen LogP contribution in [-0.2, 0) is 5.75 Å². The fourth-order valence-corrected chi connectivity index (χ4v) is 3.57. The van der Waals surface area contributed by atoms with Crippen molar-refractivity contribution < 1.29 is 4.92 Å². The maximum Gasteiger partial charge on any atom is 0.271 e. The summed E-state index contributed by atoms with van der Waals surface area (Å²) in [5, 5.41) is 11.9. The highest BCUT2D eigenvalue weighted by atomic mass is 32.2. The van der Waals surface area contributed by atoms with E-state index in [4.69, 9.17) is 0 Å².